The Morgan fingerprint density at radius 1 is 1.39 bits per heavy atom. The fourth-order valence-electron chi connectivity index (χ4n) is 3.52. The first-order valence-electron chi connectivity index (χ1n) is 9.10. The summed E-state index contributed by atoms with van der Waals surface area (Å²) < 4.78 is 54.2. The third-order valence-corrected chi connectivity index (χ3v) is 5.31. The van der Waals surface area contributed by atoms with Gasteiger partial charge < -0.3 is 14.9 Å². The van der Waals surface area contributed by atoms with Gasteiger partial charge in [-0.25, -0.2) is 9.37 Å². The molecule has 164 valence electrons. The molecule has 1 N–H and O–H groups in total. The molecule has 6 nitrogen and oxygen atoms in total. The van der Waals surface area contributed by atoms with Crippen molar-refractivity contribution in [3.63, 3.8) is 0 Å². The summed E-state index contributed by atoms with van der Waals surface area (Å²) in [6.45, 7) is 1.15. The van der Waals surface area contributed by atoms with Crippen molar-refractivity contribution < 1.29 is 27.5 Å². The average Bonchev–Trinajstić information content (AvgIpc) is 3.09. The number of halogens is 5. The van der Waals surface area contributed by atoms with Gasteiger partial charge >= 0.3 is 6.18 Å². The first-order valence-corrected chi connectivity index (χ1v) is 9.48. The zero-order chi connectivity index (χ0) is 23.1. The Morgan fingerprint density at radius 3 is 2.65 bits per heavy atom. The van der Waals surface area contributed by atoms with Gasteiger partial charge in [0.05, 0.1) is 16.7 Å². The van der Waals surface area contributed by atoms with Crippen molar-refractivity contribution in [2.24, 2.45) is 0 Å². The summed E-state index contributed by atoms with van der Waals surface area (Å²) in [6, 6.07) is 4.90. The number of nitrogens with zero attached hydrogens (tertiary/aromatic N) is 4. The fraction of sp³-hybridized carbons (Fsp3) is 0.350. The van der Waals surface area contributed by atoms with Crippen molar-refractivity contribution in [1.82, 2.24) is 4.98 Å². The number of pyridine rings is 1. The molecule has 1 aromatic heterocycles. The van der Waals surface area contributed by atoms with Crippen molar-refractivity contribution >= 4 is 29.0 Å². The zero-order valence-electron chi connectivity index (χ0n) is 16.4. The number of carbonyl (C=O) groups is 1. The van der Waals surface area contributed by atoms with Crippen LogP contribution in [0.5, 0.6) is 0 Å². The number of nitriles is 1. The highest BCUT2D eigenvalue weighted by Crippen LogP contribution is 2.38. The molecule has 0 spiro atoms. The number of amides is 1. The van der Waals surface area contributed by atoms with E-state index in [1.54, 1.807) is 0 Å². The van der Waals surface area contributed by atoms with Gasteiger partial charge in [0.2, 0.25) is 5.91 Å². The van der Waals surface area contributed by atoms with Gasteiger partial charge in [-0.3, -0.25) is 4.79 Å². The number of β-amino-alcohol motifs (C(OH)–C–C–N with tert-alkyl or cyclic N) is 1. The quantitative estimate of drug-likeness (QED) is 0.713. The van der Waals surface area contributed by atoms with Gasteiger partial charge in [-0.2, -0.15) is 18.4 Å². The number of hydrogen-bond acceptors (Lipinski definition) is 5. The van der Waals surface area contributed by atoms with Crippen LogP contribution in [0.2, 0.25) is 5.02 Å². The summed E-state index contributed by atoms with van der Waals surface area (Å²) in [5.74, 6) is -1.69. The molecule has 0 unspecified atom stereocenters. The third-order valence-electron chi connectivity index (χ3n) is 5.00. The van der Waals surface area contributed by atoms with Crippen LogP contribution in [0.15, 0.2) is 24.3 Å². The minimum Gasteiger partial charge on any atom is -0.391 e. The lowest BCUT2D eigenvalue weighted by Crippen LogP contribution is -2.45. The van der Waals surface area contributed by atoms with Gasteiger partial charge in [0.1, 0.15) is 29.3 Å². The van der Waals surface area contributed by atoms with E-state index in [4.69, 9.17) is 11.6 Å². The first kappa shape index (κ1) is 22.8. The highest BCUT2D eigenvalue weighted by Gasteiger charge is 2.42. The van der Waals surface area contributed by atoms with E-state index in [1.165, 1.54) is 37.1 Å². The number of rotatable bonds is 3. The summed E-state index contributed by atoms with van der Waals surface area (Å²) in [4.78, 5) is 19.5. The molecule has 1 amide bonds. The Hall–Kier alpha value is -2.90. The molecule has 0 saturated carbocycles. The molecule has 11 heteroatoms. The van der Waals surface area contributed by atoms with E-state index >= 15 is 0 Å². The van der Waals surface area contributed by atoms with Crippen LogP contribution in [-0.4, -0.2) is 41.7 Å². The molecule has 1 saturated heterocycles. The fourth-order valence-corrected chi connectivity index (χ4v) is 3.64. The van der Waals surface area contributed by atoms with Crippen LogP contribution in [0, 0.1) is 24.1 Å². The molecular weight excluding hydrogens is 440 g/mol. The van der Waals surface area contributed by atoms with Gasteiger partial charge in [-0.1, -0.05) is 11.6 Å². The largest absolute Gasteiger partial charge is 0.417 e. The number of aromatic nitrogens is 1. The normalized spacial score (nSPS) is 18.7. The van der Waals surface area contributed by atoms with Crippen molar-refractivity contribution in [3.05, 3.63) is 51.9 Å². The van der Waals surface area contributed by atoms with Gasteiger partial charge in [0.25, 0.3) is 0 Å². The molecule has 2 atom stereocenters. The maximum atomic E-state index is 13.8. The SMILES string of the molecule is Cc1cc(C(F)(F)F)c(C#N)c(N2C[C@@H](O)C[C@H]2C(=O)N(C)c2ccc(Cl)c(F)c2)n1. The van der Waals surface area contributed by atoms with Crippen LogP contribution < -0.4 is 9.80 Å². The molecule has 31 heavy (non-hydrogen) atoms. The monoisotopic (exact) mass is 456 g/mol. The molecular formula is C20H17ClF4N4O2. The number of aliphatic hydroxyl groups excluding tert-OH is 1. The number of aliphatic hydroxyl groups is 1. The number of alkyl halides is 3. The van der Waals surface area contributed by atoms with Gasteiger partial charge in [-0.05, 0) is 31.2 Å². The summed E-state index contributed by atoms with van der Waals surface area (Å²) in [7, 11) is 1.36. The smallest absolute Gasteiger partial charge is 0.391 e. The Labute approximate surface area is 180 Å². The molecule has 1 aromatic carbocycles. The molecule has 2 aromatic rings. The van der Waals surface area contributed by atoms with E-state index in [0.717, 1.165) is 17.0 Å². The Balaban J connectivity index is 2.04. The molecule has 0 bridgehead atoms. The van der Waals surface area contributed by atoms with Crippen LogP contribution in [0.4, 0.5) is 29.1 Å². The molecule has 1 aliphatic heterocycles. The minimum absolute atomic E-state index is 0.00189. The number of benzene rings is 1. The van der Waals surface area contributed by atoms with E-state index in [-0.39, 0.29) is 35.2 Å². The first-order chi connectivity index (χ1) is 14.4. The predicted octanol–water partition coefficient (Wildman–Crippen LogP) is 3.68. The van der Waals surface area contributed by atoms with Gasteiger partial charge in [0.15, 0.2) is 0 Å². The standard InChI is InChI=1S/C20H17ClF4N4O2/c1-10-5-14(20(23,24)25)13(8-26)18(27-10)29-9-12(30)7-17(29)19(31)28(2)11-3-4-15(21)16(22)6-11/h3-6,12,17,30H,7,9H2,1-2H3/t12-,17-/m0/s1. The number of aryl methyl sites for hydroxylation is 1. The lowest BCUT2D eigenvalue weighted by atomic mass is 10.1. The lowest BCUT2D eigenvalue weighted by Gasteiger charge is -2.30. The van der Waals surface area contributed by atoms with Crippen LogP contribution in [0.25, 0.3) is 0 Å². The number of hydrogen-bond donors (Lipinski definition) is 1. The van der Waals surface area contributed by atoms with E-state index in [0.29, 0.717) is 0 Å². The Morgan fingerprint density at radius 2 is 2.06 bits per heavy atom. The Kier molecular flexibility index (Phi) is 6.11. The van der Waals surface area contributed by atoms with Gasteiger partial charge in [0, 0.05) is 31.4 Å². The minimum atomic E-state index is -4.80. The highest BCUT2D eigenvalue weighted by molar-refractivity contribution is 6.30. The Bertz CT molecular complexity index is 1070. The summed E-state index contributed by atoms with van der Waals surface area (Å²) in [6.07, 6.45) is -5.93. The van der Waals surface area contributed by atoms with Crippen LogP contribution in [0.1, 0.15) is 23.2 Å². The maximum Gasteiger partial charge on any atom is 0.417 e. The van der Waals surface area contributed by atoms with E-state index in [1.807, 2.05) is 0 Å². The van der Waals surface area contributed by atoms with Crippen LogP contribution in [-0.2, 0) is 11.0 Å². The summed E-state index contributed by atoms with van der Waals surface area (Å²) in [5.41, 5.74) is -1.73. The predicted molar refractivity (Wildman–Crippen MR) is 105 cm³/mol. The van der Waals surface area contributed by atoms with Crippen molar-refractivity contribution in [2.75, 3.05) is 23.4 Å². The maximum absolute atomic E-state index is 13.8. The van der Waals surface area contributed by atoms with Crippen molar-refractivity contribution in [2.45, 2.75) is 31.7 Å². The topological polar surface area (TPSA) is 80.5 Å². The van der Waals surface area contributed by atoms with E-state index in [2.05, 4.69) is 4.98 Å². The second-order valence-corrected chi connectivity index (χ2v) is 7.58. The number of likely N-dealkylation sites (N-methyl/N-ethyl adjacent to an activating group) is 1. The van der Waals surface area contributed by atoms with E-state index < -0.39 is 41.2 Å². The molecule has 2 heterocycles. The molecule has 1 aliphatic rings. The summed E-state index contributed by atoms with van der Waals surface area (Å²) >= 11 is 5.66. The van der Waals surface area contributed by atoms with Crippen molar-refractivity contribution in [3.8, 4) is 6.07 Å². The highest BCUT2D eigenvalue weighted by atomic mass is 35.5. The number of carbonyl (C=O) groups excluding carboxylic acids is 1. The third kappa shape index (κ3) is 4.43. The molecule has 3 rings (SSSR count). The number of anilines is 2. The van der Waals surface area contributed by atoms with E-state index in [9.17, 15) is 32.7 Å². The molecule has 0 aliphatic carbocycles. The second kappa shape index (κ2) is 8.32. The van der Waals surface area contributed by atoms with Crippen molar-refractivity contribution in [1.29, 1.82) is 5.26 Å². The van der Waals surface area contributed by atoms with Gasteiger partial charge in [-0.15, -0.1) is 0 Å². The zero-order valence-corrected chi connectivity index (χ0v) is 17.2. The lowest BCUT2D eigenvalue weighted by molar-refractivity contribution is -0.137. The average molecular weight is 457 g/mol. The molecule has 1 fully saturated rings. The van der Waals surface area contributed by atoms with Crippen LogP contribution in [0.3, 0.4) is 0 Å². The molecule has 0 radical (unpaired) electrons. The van der Waals surface area contributed by atoms with Crippen LogP contribution >= 0.6 is 11.6 Å². The summed E-state index contributed by atoms with van der Waals surface area (Å²) in [5, 5.41) is 19.4. The second-order valence-electron chi connectivity index (χ2n) is 7.17.